The molecule has 2 fully saturated rings. The fourth-order valence-electron chi connectivity index (χ4n) is 4.59. The number of nitrogens with one attached hydrogen (secondary N) is 2. The molecule has 8 heteroatoms. The number of benzene rings is 2. The van der Waals surface area contributed by atoms with Crippen molar-refractivity contribution in [1.82, 2.24) is 10.6 Å². The zero-order valence-corrected chi connectivity index (χ0v) is 19.1. The number of hydrogen-bond acceptors (Lipinski definition) is 6. The first-order chi connectivity index (χ1) is 17.3. The van der Waals surface area contributed by atoms with Gasteiger partial charge in [0.2, 0.25) is 11.8 Å². The standard InChI is InChI=1S/C28H20N2O6/c31-23-17-9-3-13(11-19(17)25(33)21(23)27(35)29-15-5-6-15)1-2-14-4-10-18-20(12-14)26(34)22(24(18)32)28(36)30-16-7-8-16/h3-4,9-12,15-16,21-22H,5-8H2,(H,29,35)(H,30,36). The molecule has 36 heavy (non-hydrogen) atoms. The molecule has 4 aliphatic carbocycles. The molecular formula is C28H20N2O6. The zero-order valence-electron chi connectivity index (χ0n) is 19.1. The lowest BCUT2D eigenvalue weighted by atomic mass is 10.0. The van der Waals surface area contributed by atoms with Gasteiger partial charge in [-0.05, 0) is 62.1 Å². The second-order valence-corrected chi connectivity index (χ2v) is 9.66. The Labute approximate surface area is 205 Å². The average molecular weight is 480 g/mol. The van der Waals surface area contributed by atoms with Gasteiger partial charge in [-0.15, -0.1) is 0 Å². The highest BCUT2D eigenvalue weighted by Gasteiger charge is 2.45. The van der Waals surface area contributed by atoms with E-state index in [9.17, 15) is 28.8 Å². The summed E-state index contributed by atoms with van der Waals surface area (Å²) in [7, 11) is 0. The van der Waals surface area contributed by atoms with E-state index in [1.807, 2.05) is 0 Å². The van der Waals surface area contributed by atoms with Crippen LogP contribution in [0.3, 0.4) is 0 Å². The number of fused-ring (bicyclic) bond motifs is 2. The van der Waals surface area contributed by atoms with Gasteiger partial charge in [0.05, 0.1) is 0 Å². The van der Waals surface area contributed by atoms with Crippen molar-refractivity contribution < 1.29 is 28.8 Å². The molecule has 2 saturated carbocycles. The topological polar surface area (TPSA) is 126 Å². The summed E-state index contributed by atoms with van der Waals surface area (Å²) in [6.45, 7) is 0. The predicted octanol–water partition coefficient (Wildman–Crippen LogP) is 1.63. The molecule has 2 unspecified atom stereocenters. The summed E-state index contributed by atoms with van der Waals surface area (Å²) in [5.41, 5.74) is 1.67. The number of rotatable bonds is 4. The number of ketones is 4. The van der Waals surface area contributed by atoms with Crippen LogP contribution in [0.5, 0.6) is 0 Å². The predicted molar refractivity (Wildman–Crippen MR) is 125 cm³/mol. The Bertz CT molecular complexity index is 1380. The zero-order chi connectivity index (χ0) is 25.1. The number of hydrogen-bond donors (Lipinski definition) is 2. The monoisotopic (exact) mass is 480 g/mol. The van der Waals surface area contributed by atoms with E-state index in [4.69, 9.17) is 0 Å². The molecule has 8 nitrogen and oxygen atoms in total. The number of amides is 2. The van der Waals surface area contributed by atoms with Gasteiger partial charge < -0.3 is 10.6 Å². The Morgan fingerprint density at radius 2 is 0.944 bits per heavy atom. The van der Waals surface area contributed by atoms with Crippen LogP contribution < -0.4 is 10.6 Å². The second-order valence-electron chi connectivity index (χ2n) is 9.66. The Morgan fingerprint density at radius 3 is 1.31 bits per heavy atom. The van der Waals surface area contributed by atoms with Gasteiger partial charge in [0.1, 0.15) is 0 Å². The molecule has 2 N–H and O–H groups in total. The maximum Gasteiger partial charge on any atom is 0.239 e. The highest BCUT2D eigenvalue weighted by Crippen LogP contribution is 2.31. The van der Waals surface area contributed by atoms with Gasteiger partial charge in [0.15, 0.2) is 35.0 Å². The number of carbonyl (C=O) groups excluding carboxylic acids is 6. The third-order valence-corrected chi connectivity index (χ3v) is 6.87. The van der Waals surface area contributed by atoms with E-state index in [0.717, 1.165) is 25.7 Å². The molecule has 0 saturated heterocycles. The molecule has 0 aliphatic heterocycles. The molecule has 2 amide bonds. The summed E-state index contributed by atoms with van der Waals surface area (Å²) >= 11 is 0. The van der Waals surface area contributed by atoms with E-state index >= 15 is 0 Å². The maximum absolute atomic E-state index is 12.8. The molecule has 0 heterocycles. The molecule has 2 aromatic rings. The van der Waals surface area contributed by atoms with Crippen LogP contribution in [0.4, 0.5) is 0 Å². The van der Waals surface area contributed by atoms with Crippen LogP contribution in [-0.4, -0.2) is 47.0 Å². The molecule has 2 atom stereocenters. The first-order valence-corrected chi connectivity index (χ1v) is 11.9. The first kappa shape index (κ1) is 22.1. The fraction of sp³-hybridized carbons (Fsp3) is 0.286. The van der Waals surface area contributed by atoms with Gasteiger partial charge in [-0.2, -0.15) is 0 Å². The largest absolute Gasteiger partial charge is 0.352 e. The average Bonchev–Trinajstić information content (AvgIpc) is 3.79. The molecule has 178 valence electrons. The molecular weight excluding hydrogens is 460 g/mol. The Balaban J connectivity index is 1.22. The molecule has 4 aliphatic rings. The molecule has 0 spiro atoms. The lowest BCUT2D eigenvalue weighted by molar-refractivity contribution is -0.123. The molecule has 6 rings (SSSR count). The lowest BCUT2D eigenvalue weighted by Gasteiger charge is -2.07. The summed E-state index contributed by atoms with van der Waals surface area (Å²) in [6.07, 6.45) is 3.41. The van der Waals surface area contributed by atoms with Crippen molar-refractivity contribution >= 4 is 34.9 Å². The maximum atomic E-state index is 12.8. The molecule has 0 aromatic heterocycles. The quantitative estimate of drug-likeness (QED) is 0.506. The van der Waals surface area contributed by atoms with Crippen LogP contribution in [0.1, 0.15) is 78.2 Å². The van der Waals surface area contributed by atoms with Crippen molar-refractivity contribution in [2.24, 2.45) is 11.8 Å². The smallest absolute Gasteiger partial charge is 0.239 e. The highest BCUT2D eigenvalue weighted by atomic mass is 16.2. The molecule has 2 aromatic carbocycles. The molecule has 0 bridgehead atoms. The van der Waals surface area contributed by atoms with Crippen molar-refractivity contribution in [2.45, 2.75) is 37.8 Å². The van der Waals surface area contributed by atoms with E-state index in [1.54, 1.807) is 12.1 Å². The SMILES string of the molecule is O=C(NC1CC1)C1C(=O)c2ccc(C#Cc3ccc4c(c3)C(=O)C(C(=O)NC3CC3)C4=O)cc2C1=O. The second kappa shape index (κ2) is 8.09. The minimum absolute atomic E-state index is 0.0422. The van der Waals surface area contributed by atoms with E-state index < -0.39 is 46.8 Å². The Hall–Kier alpha value is -4.38. The van der Waals surface area contributed by atoms with Gasteiger partial charge in [0.25, 0.3) is 0 Å². The van der Waals surface area contributed by atoms with Gasteiger partial charge in [0, 0.05) is 45.5 Å². The van der Waals surface area contributed by atoms with Crippen molar-refractivity contribution in [3.8, 4) is 11.8 Å². The lowest BCUT2D eigenvalue weighted by Crippen LogP contribution is -2.37. The normalized spacial score (nSPS) is 22.0. The van der Waals surface area contributed by atoms with Crippen molar-refractivity contribution in [2.75, 3.05) is 0 Å². The van der Waals surface area contributed by atoms with Gasteiger partial charge in [-0.25, -0.2) is 0 Å². The van der Waals surface area contributed by atoms with Crippen LogP contribution in [0, 0.1) is 23.7 Å². The Morgan fingerprint density at radius 1 is 0.583 bits per heavy atom. The van der Waals surface area contributed by atoms with Crippen molar-refractivity contribution in [1.29, 1.82) is 0 Å². The first-order valence-electron chi connectivity index (χ1n) is 11.9. The summed E-state index contributed by atoms with van der Waals surface area (Å²) < 4.78 is 0. The fourth-order valence-corrected chi connectivity index (χ4v) is 4.59. The van der Waals surface area contributed by atoms with Crippen LogP contribution in [0.25, 0.3) is 0 Å². The minimum atomic E-state index is -1.35. The minimum Gasteiger partial charge on any atom is -0.352 e. The number of Topliss-reactive ketones (excluding diaryl/α,β-unsaturated/α-hetero) is 4. The van der Waals surface area contributed by atoms with Crippen LogP contribution in [-0.2, 0) is 9.59 Å². The van der Waals surface area contributed by atoms with E-state index in [1.165, 1.54) is 24.3 Å². The highest BCUT2D eigenvalue weighted by molar-refractivity contribution is 6.36. The van der Waals surface area contributed by atoms with Gasteiger partial charge in [-0.3, -0.25) is 28.8 Å². The molecule has 0 radical (unpaired) electrons. The van der Waals surface area contributed by atoms with Crippen LogP contribution in [0.15, 0.2) is 36.4 Å². The Kier molecular flexibility index (Phi) is 4.97. The summed E-state index contributed by atoms with van der Waals surface area (Å²) in [5, 5.41) is 5.43. The summed E-state index contributed by atoms with van der Waals surface area (Å²) in [5.74, 6) is -0.0804. The number of carbonyl (C=O) groups is 6. The summed E-state index contributed by atoms with van der Waals surface area (Å²) in [4.78, 5) is 75.6. The van der Waals surface area contributed by atoms with E-state index in [2.05, 4.69) is 22.5 Å². The van der Waals surface area contributed by atoms with E-state index in [-0.39, 0.29) is 34.3 Å². The van der Waals surface area contributed by atoms with Gasteiger partial charge >= 0.3 is 0 Å². The van der Waals surface area contributed by atoms with E-state index in [0.29, 0.717) is 11.1 Å². The van der Waals surface area contributed by atoms with Crippen molar-refractivity contribution in [3.63, 3.8) is 0 Å². The third kappa shape index (κ3) is 3.73. The van der Waals surface area contributed by atoms with Gasteiger partial charge in [-0.1, -0.05) is 11.8 Å². The van der Waals surface area contributed by atoms with Crippen LogP contribution >= 0.6 is 0 Å². The third-order valence-electron chi connectivity index (χ3n) is 6.87. The summed E-state index contributed by atoms with van der Waals surface area (Å²) in [6, 6.07) is 9.26. The van der Waals surface area contributed by atoms with Crippen LogP contribution in [0.2, 0.25) is 0 Å². The van der Waals surface area contributed by atoms with Crippen molar-refractivity contribution in [3.05, 3.63) is 69.8 Å².